The lowest BCUT2D eigenvalue weighted by molar-refractivity contribution is -0.167. The molecule has 1 saturated carbocycles. The van der Waals surface area contributed by atoms with Gasteiger partial charge in [0.1, 0.15) is 5.60 Å². The summed E-state index contributed by atoms with van der Waals surface area (Å²) in [5.74, 6) is -1.42. The molecule has 0 heterocycles. The van der Waals surface area contributed by atoms with Gasteiger partial charge in [0.2, 0.25) is 0 Å². The second-order valence-corrected chi connectivity index (χ2v) is 9.15. The summed E-state index contributed by atoms with van der Waals surface area (Å²) in [4.78, 5) is 24.5. The number of aliphatic carboxylic acids is 1. The van der Waals surface area contributed by atoms with Crippen LogP contribution in [0.4, 0.5) is 0 Å². The standard InChI is InChI=1S/C21H38O4/c1-15(2)14-18(19(22)23)17(20(24)25-21(3,4)5)13-9-12-16-10-7-6-8-11-16/h15-18H,6-14H2,1-5H3,(H,22,23)/t17-,18+/m0/s1. The van der Waals surface area contributed by atoms with E-state index in [0.717, 1.165) is 18.8 Å². The van der Waals surface area contributed by atoms with Gasteiger partial charge >= 0.3 is 11.9 Å². The van der Waals surface area contributed by atoms with E-state index in [0.29, 0.717) is 12.8 Å². The lowest BCUT2D eigenvalue weighted by Crippen LogP contribution is -2.36. The molecule has 0 spiro atoms. The Balaban J connectivity index is 2.74. The summed E-state index contributed by atoms with van der Waals surface area (Å²) in [7, 11) is 0. The summed E-state index contributed by atoms with van der Waals surface area (Å²) < 4.78 is 5.55. The van der Waals surface area contributed by atoms with Crippen LogP contribution in [-0.2, 0) is 14.3 Å². The molecule has 0 aromatic carbocycles. The van der Waals surface area contributed by atoms with Gasteiger partial charge in [0.05, 0.1) is 11.8 Å². The molecule has 0 aliphatic heterocycles. The zero-order valence-electron chi connectivity index (χ0n) is 16.8. The lowest BCUT2D eigenvalue weighted by atomic mass is 9.80. The van der Waals surface area contributed by atoms with E-state index in [1.807, 2.05) is 34.6 Å². The highest BCUT2D eigenvalue weighted by atomic mass is 16.6. The van der Waals surface area contributed by atoms with Crippen molar-refractivity contribution in [1.29, 1.82) is 0 Å². The van der Waals surface area contributed by atoms with Gasteiger partial charge in [-0.25, -0.2) is 0 Å². The Hall–Kier alpha value is -1.06. The van der Waals surface area contributed by atoms with Crippen molar-refractivity contribution in [2.24, 2.45) is 23.7 Å². The first-order valence-corrected chi connectivity index (χ1v) is 10.1. The molecule has 0 bridgehead atoms. The van der Waals surface area contributed by atoms with Gasteiger partial charge in [-0.3, -0.25) is 9.59 Å². The first-order chi connectivity index (χ1) is 11.6. The molecular weight excluding hydrogens is 316 g/mol. The molecule has 0 radical (unpaired) electrons. The summed E-state index contributed by atoms with van der Waals surface area (Å²) in [6, 6.07) is 0. The number of rotatable bonds is 9. The van der Waals surface area contributed by atoms with Gasteiger partial charge in [0.15, 0.2) is 0 Å². The van der Waals surface area contributed by atoms with Gasteiger partial charge in [0, 0.05) is 0 Å². The fourth-order valence-electron chi connectivity index (χ4n) is 3.91. The molecule has 0 aromatic rings. The molecular formula is C21H38O4. The topological polar surface area (TPSA) is 63.6 Å². The quantitative estimate of drug-likeness (QED) is 0.560. The SMILES string of the molecule is CC(C)C[C@@H](C(=O)O)[C@H](CCCC1CCCCC1)C(=O)OC(C)(C)C. The second kappa shape index (κ2) is 10.2. The molecule has 0 unspecified atom stereocenters. The predicted octanol–water partition coefficient (Wildman–Crippen LogP) is 5.44. The number of hydrogen-bond donors (Lipinski definition) is 1. The van der Waals surface area contributed by atoms with Gasteiger partial charge in [-0.15, -0.1) is 0 Å². The van der Waals surface area contributed by atoms with Crippen molar-refractivity contribution < 1.29 is 19.4 Å². The van der Waals surface area contributed by atoms with Crippen LogP contribution >= 0.6 is 0 Å². The van der Waals surface area contributed by atoms with Crippen molar-refractivity contribution >= 4 is 11.9 Å². The highest BCUT2D eigenvalue weighted by molar-refractivity contribution is 5.81. The summed E-state index contributed by atoms with van der Waals surface area (Å²) in [6.45, 7) is 9.51. The van der Waals surface area contributed by atoms with E-state index in [2.05, 4.69) is 0 Å². The van der Waals surface area contributed by atoms with Crippen LogP contribution in [0.1, 0.15) is 92.4 Å². The average Bonchev–Trinajstić information content (AvgIpc) is 2.48. The normalized spacial score (nSPS) is 18.8. The first-order valence-electron chi connectivity index (χ1n) is 10.1. The molecule has 2 atom stereocenters. The summed E-state index contributed by atoms with van der Waals surface area (Å²) in [5, 5.41) is 9.68. The molecule has 0 saturated heterocycles. The summed E-state index contributed by atoms with van der Waals surface area (Å²) >= 11 is 0. The van der Waals surface area contributed by atoms with E-state index >= 15 is 0 Å². The average molecular weight is 355 g/mol. The van der Waals surface area contributed by atoms with E-state index in [1.165, 1.54) is 32.1 Å². The maximum Gasteiger partial charge on any atom is 0.310 e. The number of carbonyl (C=O) groups excluding carboxylic acids is 1. The van der Waals surface area contributed by atoms with Crippen molar-refractivity contribution in [3.8, 4) is 0 Å². The van der Waals surface area contributed by atoms with E-state index in [-0.39, 0.29) is 11.9 Å². The van der Waals surface area contributed by atoms with Crippen LogP contribution in [0.5, 0.6) is 0 Å². The second-order valence-electron chi connectivity index (χ2n) is 9.15. The fraction of sp³-hybridized carbons (Fsp3) is 0.905. The monoisotopic (exact) mass is 354 g/mol. The Kier molecular flexibility index (Phi) is 8.95. The molecule has 25 heavy (non-hydrogen) atoms. The zero-order chi connectivity index (χ0) is 19.0. The third-order valence-electron chi connectivity index (χ3n) is 5.09. The Morgan fingerprint density at radius 2 is 1.68 bits per heavy atom. The molecule has 0 amide bonds. The van der Waals surface area contributed by atoms with Crippen LogP contribution in [0.3, 0.4) is 0 Å². The summed E-state index contributed by atoms with van der Waals surface area (Å²) in [6.07, 6.45) is 9.68. The number of hydrogen-bond acceptors (Lipinski definition) is 3. The number of esters is 1. The van der Waals surface area contributed by atoms with Crippen molar-refractivity contribution in [3.63, 3.8) is 0 Å². The maximum absolute atomic E-state index is 12.7. The Bertz CT molecular complexity index is 416. The Morgan fingerprint density at radius 1 is 1.08 bits per heavy atom. The zero-order valence-corrected chi connectivity index (χ0v) is 16.8. The van der Waals surface area contributed by atoms with Gasteiger partial charge in [-0.1, -0.05) is 58.8 Å². The highest BCUT2D eigenvalue weighted by Crippen LogP contribution is 2.32. The van der Waals surface area contributed by atoms with Gasteiger partial charge < -0.3 is 9.84 Å². The minimum atomic E-state index is -0.873. The van der Waals surface area contributed by atoms with Crippen molar-refractivity contribution in [1.82, 2.24) is 0 Å². The van der Waals surface area contributed by atoms with Crippen LogP contribution in [0.25, 0.3) is 0 Å². The van der Waals surface area contributed by atoms with E-state index in [9.17, 15) is 14.7 Å². The molecule has 1 N–H and O–H groups in total. The number of carboxylic acids is 1. The van der Waals surface area contributed by atoms with Crippen LogP contribution < -0.4 is 0 Å². The van der Waals surface area contributed by atoms with Gasteiger partial charge in [-0.05, 0) is 45.4 Å². The molecule has 4 nitrogen and oxygen atoms in total. The van der Waals surface area contributed by atoms with Gasteiger partial charge in [0.25, 0.3) is 0 Å². The van der Waals surface area contributed by atoms with Crippen molar-refractivity contribution in [2.45, 2.75) is 98.0 Å². The third-order valence-corrected chi connectivity index (χ3v) is 5.09. The highest BCUT2D eigenvalue weighted by Gasteiger charge is 2.36. The van der Waals surface area contributed by atoms with E-state index in [1.54, 1.807) is 0 Å². The van der Waals surface area contributed by atoms with Crippen molar-refractivity contribution in [3.05, 3.63) is 0 Å². The van der Waals surface area contributed by atoms with Crippen LogP contribution in [-0.4, -0.2) is 22.6 Å². The third kappa shape index (κ3) is 8.73. The molecule has 1 rings (SSSR count). The number of ether oxygens (including phenoxy) is 1. The maximum atomic E-state index is 12.7. The number of carbonyl (C=O) groups is 2. The predicted molar refractivity (Wildman–Crippen MR) is 100 cm³/mol. The minimum Gasteiger partial charge on any atom is -0.481 e. The first kappa shape index (κ1) is 22.0. The van der Waals surface area contributed by atoms with E-state index < -0.39 is 23.4 Å². The fourth-order valence-corrected chi connectivity index (χ4v) is 3.91. The molecule has 1 aliphatic carbocycles. The largest absolute Gasteiger partial charge is 0.481 e. The molecule has 1 aliphatic rings. The molecule has 0 aromatic heterocycles. The Morgan fingerprint density at radius 3 is 2.16 bits per heavy atom. The molecule has 1 fully saturated rings. The Labute approximate surface area is 153 Å². The van der Waals surface area contributed by atoms with Crippen LogP contribution in [0, 0.1) is 23.7 Å². The van der Waals surface area contributed by atoms with E-state index in [4.69, 9.17) is 4.74 Å². The van der Waals surface area contributed by atoms with Gasteiger partial charge in [-0.2, -0.15) is 0 Å². The molecule has 4 heteroatoms. The van der Waals surface area contributed by atoms with Crippen molar-refractivity contribution in [2.75, 3.05) is 0 Å². The summed E-state index contributed by atoms with van der Waals surface area (Å²) in [5.41, 5.74) is -0.584. The van der Waals surface area contributed by atoms with Crippen LogP contribution in [0.2, 0.25) is 0 Å². The minimum absolute atomic E-state index is 0.240. The number of carboxylic acid groups (broad SMARTS) is 1. The lowest BCUT2D eigenvalue weighted by Gasteiger charge is -2.29. The van der Waals surface area contributed by atoms with Crippen LogP contribution in [0.15, 0.2) is 0 Å². The molecule has 146 valence electrons. The smallest absolute Gasteiger partial charge is 0.310 e.